The molecule has 1 aromatic heterocycles. The van der Waals surface area contributed by atoms with Crippen LogP contribution in [0, 0.1) is 6.92 Å². The van der Waals surface area contributed by atoms with Crippen molar-refractivity contribution in [2.75, 3.05) is 85.1 Å². The number of thiazole rings is 1. The van der Waals surface area contributed by atoms with Crippen LogP contribution in [0.4, 0.5) is 4.79 Å². The van der Waals surface area contributed by atoms with Crippen molar-refractivity contribution >= 4 is 81.7 Å². The highest BCUT2D eigenvalue weighted by molar-refractivity contribution is 7.13. The van der Waals surface area contributed by atoms with Gasteiger partial charge in [0.25, 0.3) is 5.91 Å². The fraction of sp³-hybridized carbons (Fsp3) is 0.511. The molecule has 0 radical (unpaired) electrons. The van der Waals surface area contributed by atoms with E-state index in [1.807, 2.05) is 42.5 Å². The van der Waals surface area contributed by atoms with Gasteiger partial charge in [-0.3, -0.25) is 53.2 Å². The lowest BCUT2D eigenvalue weighted by Gasteiger charge is -2.32. The molecular weight excluding hydrogens is 993 g/mol. The molecule has 26 nitrogen and oxygen atoms in total. The van der Waals surface area contributed by atoms with E-state index in [1.165, 1.54) is 0 Å². The lowest BCUT2D eigenvalue weighted by Crippen LogP contribution is -2.51. The molecule has 11 N–H and O–H groups in total. The third-order valence-corrected chi connectivity index (χ3v) is 13.0. The number of carboxylic acids is 6. The molecule has 5 amide bonds. The second kappa shape index (κ2) is 30.0. The molecule has 3 aromatic rings. The zero-order valence-electron chi connectivity index (χ0n) is 40.8. The number of amides is 5. The summed E-state index contributed by atoms with van der Waals surface area (Å²) in [5, 5.41) is 71.3. The Balaban J connectivity index is 1.38. The standard InChI is InChI=1S/C47H64N10O16S/c1-29-42(74-37(50-29)24-49-36(58)25-54-14-16-55(26-39(61)62)18-20-57(28-41(65)66)21-19-56(17-15-54)27-40(63)64)44(68)51-35(23-30-9-10-31-6-2-3-7-32(31)22-30)43(67)48-13-5-4-8-33(45(69)70)52-47(73)53-34(46(71)72)11-12-38(59)60/h2-3,6-7,9-10,22,33-35H,4-5,8,11-21,23-28H2,1H3,(H,48,67)(H,49,58)(H,51,68)(H,59,60)(H,61,62)(H,63,64)(H,65,66)(H,69,70)(H,71,72)(H2,52,53,73)/t33-,34-,35-/m0/s1. The molecule has 0 saturated carbocycles. The highest BCUT2D eigenvalue weighted by Crippen LogP contribution is 2.20. The van der Waals surface area contributed by atoms with Crippen LogP contribution in [0.1, 0.15) is 58.0 Å². The number of urea groups is 1. The van der Waals surface area contributed by atoms with Crippen molar-refractivity contribution in [3.8, 4) is 0 Å². The first kappa shape index (κ1) is 59.2. The van der Waals surface area contributed by atoms with E-state index in [0.29, 0.717) is 10.7 Å². The zero-order valence-corrected chi connectivity index (χ0v) is 41.6. The van der Waals surface area contributed by atoms with Crippen molar-refractivity contribution in [3.05, 3.63) is 63.6 Å². The van der Waals surface area contributed by atoms with Crippen molar-refractivity contribution in [1.29, 1.82) is 0 Å². The van der Waals surface area contributed by atoms with Crippen LogP contribution in [0.25, 0.3) is 10.8 Å². The Morgan fingerprint density at radius 2 is 1.11 bits per heavy atom. The van der Waals surface area contributed by atoms with E-state index in [9.17, 15) is 73.5 Å². The fourth-order valence-electron chi connectivity index (χ4n) is 7.94. The Kier molecular flexibility index (Phi) is 24.0. The number of hydrogen-bond donors (Lipinski definition) is 11. The number of aromatic nitrogens is 1. The summed E-state index contributed by atoms with van der Waals surface area (Å²) in [6, 6.07) is 8.00. The Morgan fingerprint density at radius 1 is 0.595 bits per heavy atom. The quantitative estimate of drug-likeness (QED) is 0.0424. The molecule has 1 aliphatic rings. The van der Waals surface area contributed by atoms with Gasteiger partial charge in [-0.15, -0.1) is 11.3 Å². The van der Waals surface area contributed by atoms with Crippen molar-refractivity contribution in [2.45, 2.75) is 70.1 Å². The third-order valence-electron chi connectivity index (χ3n) is 11.8. The second-order valence-corrected chi connectivity index (χ2v) is 18.7. The Morgan fingerprint density at radius 3 is 1.62 bits per heavy atom. The molecule has 1 saturated heterocycles. The minimum Gasteiger partial charge on any atom is -0.481 e. The van der Waals surface area contributed by atoms with Crippen molar-refractivity contribution in [2.24, 2.45) is 0 Å². The Labute approximate surface area is 429 Å². The van der Waals surface area contributed by atoms with Gasteiger partial charge in [0.2, 0.25) is 11.8 Å². The number of nitrogens with one attached hydrogen (secondary N) is 5. The number of nitrogens with zero attached hydrogens (tertiary/aromatic N) is 5. The van der Waals surface area contributed by atoms with Gasteiger partial charge in [0.15, 0.2) is 0 Å². The molecular formula is C47H64N10O16S. The molecule has 1 fully saturated rings. The molecule has 74 heavy (non-hydrogen) atoms. The van der Waals surface area contributed by atoms with Crippen LogP contribution in [0.15, 0.2) is 42.5 Å². The van der Waals surface area contributed by atoms with E-state index in [2.05, 4.69) is 31.6 Å². The summed E-state index contributed by atoms with van der Waals surface area (Å²) in [5.41, 5.74) is 1.07. The van der Waals surface area contributed by atoms with Crippen LogP contribution in [0.5, 0.6) is 0 Å². The molecule has 404 valence electrons. The largest absolute Gasteiger partial charge is 0.481 e. The second-order valence-electron chi connectivity index (χ2n) is 17.6. The lowest BCUT2D eigenvalue weighted by atomic mass is 10.0. The van der Waals surface area contributed by atoms with E-state index < -0.39 is 90.5 Å². The van der Waals surface area contributed by atoms with Crippen molar-refractivity contribution in [1.82, 2.24) is 51.2 Å². The highest BCUT2D eigenvalue weighted by Gasteiger charge is 2.28. The fourth-order valence-corrected chi connectivity index (χ4v) is 8.85. The monoisotopic (exact) mass is 1060 g/mol. The van der Waals surface area contributed by atoms with Crippen LogP contribution in [0.2, 0.25) is 0 Å². The first-order valence-corrected chi connectivity index (χ1v) is 24.6. The summed E-state index contributed by atoms with van der Waals surface area (Å²) in [4.78, 5) is 134. The number of rotatable bonds is 27. The number of benzene rings is 2. The van der Waals surface area contributed by atoms with E-state index in [0.717, 1.165) is 27.7 Å². The van der Waals surface area contributed by atoms with E-state index >= 15 is 0 Å². The van der Waals surface area contributed by atoms with E-state index in [1.54, 1.807) is 26.5 Å². The molecule has 2 heterocycles. The Bertz CT molecular complexity index is 2440. The number of carbonyl (C=O) groups is 10. The number of carboxylic acid groups (broad SMARTS) is 6. The average molecular weight is 1060 g/mol. The van der Waals surface area contributed by atoms with Crippen LogP contribution in [-0.4, -0.2) is 218 Å². The van der Waals surface area contributed by atoms with E-state index in [-0.39, 0.29) is 122 Å². The molecule has 0 spiro atoms. The predicted octanol–water partition coefficient (Wildman–Crippen LogP) is -0.606. The maximum Gasteiger partial charge on any atom is 0.326 e. The minimum atomic E-state index is -1.57. The summed E-state index contributed by atoms with van der Waals surface area (Å²) in [7, 11) is 0. The van der Waals surface area contributed by atoms with Gasteiger partial charge < -0.3 is 57.2 Å². The highest BCUT2D eigenvalue weighted by atomic mass is 32.1. The van der Waals surface area contributed by atoms with Crippen LogP contribution < -0.4 is 26.6 Å². The summed E-state index contributed by atoms with van der Waals surface area (Å²) in [6.07, 6.45) is -0.564. The molecule has 0 unspecified atom stereocenters. The first-order chi connectivity index (χ1) is 35.1. The molecule has 4 rings (SSSR count). The van der Waals surface area contributed by atoms with Gasteiger partial charge in [0, 0.05) is 71.7 Å². The number of unbranched alkanes of at least 4 members (excludes halogenated alkanes) is 1. The lowest BCUT2D eigenvalue weighted by molar-refractivity contribution is -0.141. The molecule has 0 aliphatic carbocycles. The Hall–Kier alpha value is -7.33. The molecule has 3 atom stereocenters. The smallest absolute Gasteiger partial charge is 0.326 e. The number of aryl methyl sites for hydroxylation is 1. The number of fused-ring (bicyclic) bond motifs is 1. The van der Waals surface area contributed by atoms with Gasteiger partial charge in [-0.25, -0.2) is 19.4 Å². The number of aliphatic carboxylic acids is 6. The normalized spacial score (nSPS) is 15.5. The van der Waals surface area contributed by atoms with Gasteiger partial charge in [0.1, 0.15) is 28.0 Å². The molecule has 1 aliphatic heterocycles. The first-order valence-electron chi connectivity index (χ1n) is 23.7. The SMILES string of the molecule is Cc1nc(CNC(=O)CN2CCN(CC(=O)O)CCN(CC(=O)O)CCN(CC(=O)O)CC2)sc1C(=O)N[C@@H](Cc1ccc2ccccc2c1)C(=O)NCCCC[C@H](NC(=O)N[C@@H](CCC(=O)O)C(=O)O)C(=O)O. The van der Waals surface area contributed by atoms with Gasteiger partial charge in [-0.2, -0.15) is 0 Å². The third kappa shape index (κ3) is 21.4. The average Bonchev–Trinajstić information content (AvgIpc) is 3.71. The summed E-state index contributed by atoms with van der Waals surface area (Å²) < 4.78 is 0. The van der Waals surface area contributed by atoms with Crippen LogP contribution in [-0.2, 0) is 51.3 Å². The van der Waals surface area contributed by atoms with Crippen molar-refractivity contribution < 1.29 is 78.6 Å². The van der Waals surface area contributed by atoms with Crippen molar-refractivity contribution in [3.63, 3.8) is 0 Å². The molecule has 2 aromatic carbocycles. The zero-order chi connectivity index (χ0) is 54.3. The number of carbonyl (C=O) groups excluding carboxylic acids is 4. The van der Waals surface area contributed by atoms with Gasteiger partial charge in [0.05, 0.1) is 38.4 Å². The maximum absolute atomic E-state index is 13.9. The van der Waals surface area contributed by atoms with Gasteiger partial charge >= 0.3 is 41.8 Å². The number of hydrogen-bond acceptors (Lipinski definition) is 16. The molecule has 0 bridgehead atoms. The van der Waals surface area contributed by atoms with E-state index in [4.69, 9.17) is 5.11 Å². The van der Waals surface area contributed by atoms with Gasteiger partial charge in [-0.1, -0.05) is 42.5 Å². The minimum absolute atomic E-state index is 0.0487. The summed E-state index contributed by atoms with van der Waals surface area (Å²) >= 11 is 1.01. The predicted molar refractivity (Wildman–Crippen MR) is 265 cm³/mol. The molecule has 27 heteroatoms. The summed E-state index contributed by atoms with van der Waals surface area (Å²) in [5.74, 6) is -8.99. The maximum atomic E-state index is 13.9. The van der Waals surface area contributed by atoms with Crippen LogP contribution >= 0.6 is 11.3 Å². The van der Waals surface area contributed by atoms with Gasteiger partial charge in [-0.05, 0) is 48.9 Å². The van der Waals surface area contributed by atoms with Crippen LogP contribution in [0.3, 0.4) is 0 Å². The summed E-state index contributed by atoms with van der Waals surface area (Å²) in [6.45, 7) is 2.27. The topological polar surface area (TPSA) is 378 Å².